The van der Waals surface area contributed by atoms with E-state index in [1.165, 1.54) is 0 Å². The second-order valence-corrected chi connectivity index (χ2v) is 4.69. The summed E-state index contributed by atoms with van der Waals surface area (Å²) in [5.74, 6) is 2.44. The van der Waals surface area contributed by atoms with E-state index in [4.69, 9.17) is 32.4 Å². The van der Waals surface area contributed by atoms with Gasteiger partial charge >= 0.3 is 0 Å². The van der Waals surface area contributed by atoms with Gasteiger partial charge in [0.05, 0.1) is 18.2 Å². The van der Waals surface area contributed by atoms with Gasteiger partial charge in [-0.1, -0.05) is 0 Å². The first-order chi connectivity index (χ1) is 9.33. The second-order valence-electron chi connectivity index (χ2n) is 4.05. The van der Waals surface area contributed by atoms with Crippen molar-refractivity contribution in [2.75, 3.05) is 12.5 Å². The van der Waals surface area contributed by atoms with Gasteiger partial charge in [-0.3, -0.25) is 0 Å². The summed E-state index contributed by atoms with van der Waals surface area (Å²) < 4.78 is 10.9. The molecule has 19 heavy (non-hydrogen) atoms. The van der Waals surface area contributed by atoms with Crippen molar-refractivity contribution in [3.8, 4) is 17.2 Å². The number of benzene rings is 1. The van der Waals surface area contributed by atoms with Gasteiger partial charge in [-0.05, 0) is 37.1 Å². The van der Waals surface area contributed by atoms with Crippen molar-refractivity contribution in [1.82, 2.24) is 4.98 Å². The van der Waals surface area contributed by atoms with Crippen LogP contribution in [0.5, 0.6) is 5.75 Å². The van der Waals surface area contributed by atoms with E-state index >= 15 is 0 Å². The molecule has 0 bridgehead atoms. The minimum absolute atomic E-state index is 0.352. The topological polar surface area (TPSA) is 35.3 Å². The lowest BCUT2D eigenvalue weighted by molar-refractivity contribution is 0.310. The number of unbranched alkanes of at least 4 members (excludes halogenated alkanes) is 1. The summed E-state index contributed by atoms with van der Waals surface area (Å²) in [6, 6.07) is 7.64. The summed E-state index contributed by atoms with van der Waals surface area (Å²) in [7, 11) is 0. The molecule has 0 saturated heterocycles. The molecule has 0 fully saturated rings. The lowest BCUT2D eigenvalue weighted by Gasteiger charge is -2.05. The molecule has 0 N–H and O–H groups in total. The molecule has 0 aliphatic heterocycles. The minimum Gasteiger partial charge on any atom is -0.494 e. The van der Waals surface area contributed by atoms with Crippen molar-refractivity contribution in [3.63, 3.8) is 0 Å². The fourth-order valence-electron chi connectivity index (χ4n) is 1.58. The van der Waals surface area contributed by atoms with Gasteiger partial charge in [0.1, 0.15) is 12.0 Å². The van der Waals surface area contributed by atoms with Gasteiger partial charge in [0.25, 0.3) is 0 Å². The molecular weight excluding hydrogens is 285 g/mol. The third kappa shape index (κ3) is 4.15. The molecule has 0 saturated carbocycles. The summed E-state index contributed by atoms with van der Waals surface area (Å²) in [6.45, 7) is 0.682. The zero-order valence-corrected chi connectivity index (χ0v) is 12.0. The van der Waals surface area contributed by atoms with Gasteiger partial charge in [0.2, 0.25) is 5.89 Å². The molecule has 0 atom stereocenters. The predicted molar refractivity (Wildman–Crippen MR) is 76.9 cm³/mol. The Hall–Kier alpha value is -1.19. The Morgan fingerprint density at radius 1 is 1.11 bits per heavy atom. The van der Waals surface area contributed by atoms with Crippen LogP contribution in [0.1, 0.15) is 18.5 Å². The average Bonchev–Trinajstić information content (AvgIpc) is 2.93. The number of hydrogen-bond donors (Lipinski definition) is 0. The van der Waals surface area contributed by atoms with Crippen LogP contribution in [0.4, 0.5) is 0 Å². The Morgan fingerprint density at radius 2 is 1.89 bits per heavy atom. The number of halogens is 2. The van der Waals surface area contributed by atoms with Gasteiger partial charge in [0, 0.05) is 11.4 Å². The van der Waals surface area contributed by atoms with E-state index in [1.54, 1.807) is 6.26 Å². The van der Waals surface area contributed by atoms with E-state index in [2.05, 4.69) is 4.98 Å². The molecular formula is C14H15Cl2NO2. The van der Waals surface area contributed by atoms with Gasteiger partial charge < -0.3 is 9.15 Å². The molecule has 102 valence electrons. The number of ether oxygens (including phenoxy) is 1. The molecule has 3 nitrogen and oxygen atoms in total. The first-order valence-corrected chi connectivity index (χ1v) is 7.20. The molecule has 1 aromatic heterocycles. The maximum absolute atomic E-state index is 5.68. The van der Waals surface area contributed by atoms with E-state index in [1.807, 2.05) is 24.3 Å². The van der Waals surface area contributed by atoms with Crippen molar-refractivity contribution < 1.29 is 9.15 Å². The molecule has 1 aromatic carbocycles. The van der Waals surface area contributed by atoms with Crippen molar-refractivity contribution in [3.05, 3.63) is 36.2 Å². The predicted octanol–water partition coefficient (Wildman–Crippen LogP) is 4.48. The highest BCUT2D eigenvalue weighted by Crippen LogP contribution is 2.22. The largest absolute Gasteiger partial charge is 0.494 e. The van der Waals surface area contributed by atoms with Crippen LogP contribution in [0, 0.1) is 0 Å². The van der Waals surface area contributed by atoms with E-state index in [-0.39, 0.29) is 0 Å². The van der Waals surface area contributed by atoms with Crippen LogP contribution in [-0.2, 0) is 5.88 Å². The molecule has 5 heteroatoms. The smallest absolute Gasteiger partial charge is 0.226 e. The van der Waals surface area contributed by atoms with Crippen LogP contribution >= 0.6 is 23.2 Å². The van der Waals surface area contributed by atoms with E-state index in [0.29, 0.717) is 24.3 Å². The van der Waals surface area contributed by atoms with E-state index < -0.39 is 0 Å². The Bertz CT molecular complexity index is 496. The number of hydrogen-bond acceptors (Lipinski definition) is 3. The fourth-order valence-corrected chi connectivity index (χ4v) is 1.89. The summed E-state index contributed by atoms with van der Waals surface area (Å²) in [5, 5.41) is 0. The zero-order valence-electron chi connectivity index (χ0n) is 10.4. The van der Waals surface area contributed by atoms with Crippen molar-refractivity contribution in [2.24, 2.45) is 0 Å². The monoisotopic (exact) mass is 299 g/mol. The summed E-state index contributed by atoms with van der Waals surface area (Å²) in [6.07, 6.45) is 3.50. The summed E-state index contributed by atoms with van der Waals surface area (Å²) >= 11 is 11.3. The average molecular weight is 300 g/mol. The van der Waals surface area contributed by atoms with Crippen LogP contribution in [0.3, 0.4) is 0 Å². The third-order valence-electron chi connectivity index (χ3n) is 2.59. The van der Waals surface area contributed by atoms with Crippen LogP contribution in [0.25, 0.3) is 11.5 Å². The first kappa shape index (κ1) is 14.2. The summed E-state index contributed by atoms with van der Waals surface area (Å²) in [5.41, 5.74) is 1.64. The Balaban J connectivity index is 1.94. The second kappa shape index (κ2) is 7.41. The maximum atomic E-state index is 5.68. The number of alkyl halides is 2. The molecule has 0 spiro atoms. The van der Waals surface area contributed by atoms with Crippen LogP contribution < -0.4 is 4.74 Å². The highest BCUT2D eigenvalue weighted by Gasteiger charge is 2.06. The molecule has 0 aliphatic carbocycles. The fraction of sp³-hybridized carbons (Fsp3) is 0.357. The van der Waals surface area contributed by atoms with Gasteiger partial charge in [-0.25, -0.2) is 4.98 Å². The van der Waals surface area contributed by atoms with E-state index in [9.17, 15) is 0 Å². The SMILES string of the molecule is ClCCCCOc1ccc(-c2nc(CCl)co2)cc1. The van der Waals surface area contributed by atoms with Gasteiger partial charge in [-0.15, -0.1) is 23.2 Å². The molecule has 0 aliphatic rings. The van der Waals surface area contributed by atoms with Crippen LogP contribution in [0.2, 0.25) is 0 Å². The Morgan fingerprint density at radius 3 is 2.53 bits per heavy atom. The quantitative estimate of drug-likeness (QED) is 0.558. The number of nitrogens with zero attached hydrogens (tertiary/aromatic N) is 1. The first-order valence-electron chi connectivity index (χ1n) is 6.13. The molecule has 2 aromatic rings. The van der Waals surface area contributed by atoms with Crippen LogP contribution in [-0.4, -0.2) is 17.5 Å². The van der Waals surface area contributed by atoms with E-state index in [0.717, 1.165) is 29.8 Å². The van der Waals surface area contributed by atoms with Gasteiger partial charge in [0.15, 0.2) is 0 Å². The third-order valence-corrected chi connectivity index (χ3v) is 3.13. The zero-order chi connectivity index (χ0) is 13.5. The Labute approximate surface area is 122 Å². The summed E-state index contributed by atoms with van der Waals surface area (Å²) in [4.78, 5) is 4.26. The normalized spacial score (nSPS) is 10.6. The molecule has 2 rings (SSSR count). The number of oxazole rings is 1. The number of aromatic nitrogens is 1. The standard InChI is InChI=1S/C14H15Cl2NO2/c15-7-1-2-8-18-13-5-3-11(4-6-13)14-17-12(9-16)10-19-14/h3-6,10H,1-2,7-9H2. The molecule has 0 radical (unpaired) electrons. The highest BCUT2D eigenvalue weighted by molar-refractivity contribution is 6.17. The van der Waals surface area contributed by atoms with Crippen molar-refractivity contribution in [2.45, 2.75) is 18.7 Å². The lowest BCUT2D eigenvalue weighted by Crippen LogP contribution is -1.97. The minimum atomic E-state index is 0.352. The van der Waals surface area contributed by atoms with Crippen molar-refractivity contribution >= 4 is 23.2 Å². The highest BCUT2D eigenvalue weighted by atomic mass is 35.5. The Kier molecular flexibility index (Phi) is 5.55. The van der Waals surface area contributed by atoms with Crippen molar-refractivity contribution in [1.29, 1.82) is 0 Å². The number of rotatable bonds is 7. The lowest BCUT2D eigenvalue weighted by atomic mass is 10.2. The maximum Gasteiger partial charge on any atom is 0.226 e. The van der Waals surface area contributed by atoms with Gasteiger partial charge in [-0.2, -0.15) is 0 Å². The molecule has 1 heterocycles. The molecule has 0 amide bonds. The van der Waals surface area contributed by atoms with Crippen LogP contribution in [0.15, 0.2) is 34.9 Å². The molecule has 0 unspecified atom stereocenters.